The minimum atomic E-state index is -0.799. The fourth-order valence-electron chi connectivity index (χ4n) is 1.36. The van der Waals surface area contributed by atoms with E-state index in [0.717, 1.165) is 17.4 Å². The summed E-state index contributed by atoms with van der Waals surface area (Å²) >= 11 is 0. The standard InChI is InChI=1S/C12H14BN5O2/c13-8-1-3-9(4-2-8)17-6-11(18-15)10(12(14)20)5-16-7-19/h1-7,15,17H,13H2,(H2,14,20)(H,16,19)/b10-5-,11-6-,18-15?. The predicted octanol–water partition coefficient (Wildman–Crippen LogP) is -0.656. The number of carbonyl (C=O) groups is 2. The molecule has 0 atom stereocenters. The number of amides is 2. The molecule has 0 heterocycles. The Kier molecular flexibility index (Phi) is 5.70. The molecule has 0 saturated heterocycles. The highest BCUT2D eigenvalue weighted by Gasteiger charge is 2.10. The van der Waals surface area contributed by atoms with Crippen molar-refractivity contribution in [2.24, 2.45) is 10.8 Å². The van der Waals surface area contributed by atoms with Crippen LogP contribution in [-0.4, -0.2) is 20.2 Å². The lowest BCUT2D eigenvalue weighted by atomic mass is 9.96. The van der Waals surface area contributed by atoms with E-state index in [-0.39, 0.29) is 11.3 Å². The summed E-state index contributed by atoms with van der Waals surface area (Å²) in [4.78, 5) is 21.5. The molecule has 7 nitrogen and oxygen atoms in total. The molecule has 0 aliphatic carbocycles. The van der Waals surface area contributed by atoms with E-state index in [1.54, 1.807) is 0 Å². The number of anilines is 1. The van der Waals surface area contributed by atoms with E-state index in [1.807, 2.05) is 32.1 Å². The second-order valence-electron chi connectivity index (χ2n) is 3.86. The second kappa shape index (κ2) is 7.52. The molecule has 1 rings (SSSR count). The van der Waals surface area contributed by atoms with E-state index in [2.05, 4.69) is 15.7 Å². The van der Waals surface area contributed by atoms with Gasteiger partial charge in [0.25, 0.3) is 5.91 Å². The van der Waals surface area contributed by atoms with Crippen molar-refractivity contribution in [1.82, 2.24) is 5.32 Å². The Bertz CT molecular complexity index is 566. The lowest BCUT2D eigenvalue weighted by molar-refractivity contribution is -0.114. The molecular formula is C12H14BN5O2. The third-order valence-electron chi connectivity index (χ3n) is 2.38. The van der Waals surface area contributed by atoms with E-state index in [4.69, 9.17) is 11.3 Å². The summed E-state index contributed by atoms with van der Waals surface area (Å²) in [7, 11) is 1.96. The Morgan fingerprint density at radius 2 is 1.95 bits per heavy atom. The zero-order valence-corrected chi connectivity index (χ0v) is 10.9. The smallest absolute Gasteiger partial charge is 0.252 e. The predicted molar refractivity (Wildman–Crippen MR) is 78.0 cm³/mol. The molecule has 0 aromatic heterocycles. The van der Waals surface area contributed by atoms with Gasteiger partial charge in [-0.25, -0.2) is 5.53 Å². The molecule has 0 fully saturated rings. The highest BCUT2D eigenvalue weighted by molar-refractivity contribution is 6.32. The van der Waals surface area contributed by atoms with Crippen molar-refractivity contribution in [1.29, 1.82) is 5.53 Å². The second-order valence-corrected chi connectivity index (χ2v) is 3.86. The van der Waals surface area contributed by atoms with Crippen LogP contribution in [0.3, 0.4) is 0 Å². The van der Waals surface area contributed by atoms with Crippen molar-refractivity contribution in [2.45, 2.75) is 0 Å². The topological polar surface area (TPSA) is 120 Å². The van der Waals surface area contributed by atoms with Crippen LogP contribution in [0.4, 0.5) is 5.69 Å². The highest BCUT2D eigenvalue weighted by atomic mass is 16.1. The van der Waals surface area contributed by atoms with Crippen LogP contribution < -0.4 is 21.8 Å². The number of nitrogens with zero attached hydrogens (tertiary/aromatic N) is 1. The van der Waals surface area contributed by atoms with Gasteiger partial charge < -0.3 is 16.4 Å². The van der Waals surface area contributed by atoms with Gasteiger partial charge in [-0.3, -0.25) is 9.59 Å². The first-order valence-corrected chi connectivity index (χ1v) is 5.69. The van der Waals surface area contributed by atoms with Gasteiger partial charge in [-0.1, -0.05) is 17.6 Å². The average molecular weight is 271 g/mol. The van der Waals surface area contributed by atoms with Crippen molar-refractivity contribution in [2.75, 3.05) is 5.32 Å². The van der Waals surface area contributed by atoms with E-state index in [1.165, 1.54) is 6.20 Å². The molecule has 0 spiro atoms. The number of hydrogen-bond donors (Lipinski definition) is 4. The van der Waals surface area contributed by atoms with Gasteiger partial charge in [0.1, 0.15) is 13.5 Å². The zero-order valence-electron chi connectivity index (χ0n) is 10.9. The van der Waals surface area contributed by atoms with Crippen molar-refractivity contribution >= 4 is 31.3 Å². The average Bonchev–Trinajstić information content (AvgIpc) is 2.44. The lowest BCUT2D eigenvalue weighted by Gasteiger charge is -2.05. The summed E-state index contributed by atoms with van der Waals surface area (Å²) in [6.45, 7) is 0. The summed E-state index contributed by atoms with van der Waals surface area (Å²) in [6.07, 6.45) is 2.84. The Labute approximate surface area is 116 Å². The number of primary amides is 1. The van der Waals surface area contributed by atoms with Gasteiger partial charge in [-0.05, 0) is 12.1 Å². The Hall–Kier alpha value is -2.90. The quantitative estimate of drug-likeness (QED) is 0.173. The maximum atomic E-state index is 11.2. The number of benzene rings is 1. The number of carbonyl (C=O) groups excluding carboxylic acids is 2. The van der Waals surface area contributed by atoms with Crippen LogP contribution in [0.25, 0.3) is 0 Å². The number of hydrogen-bond acceptors (Lipinski definition) is 5. The van der Waals surface area contributed by atoms with Crippen LogP contribution in [0.1, 0.15) is 0 Å². The fourth-order valence-corrected chi connectivity index (χ4v) is 1.36. The molecule has 1 aromatic rings. The van der Waals surface area contributed by atoms with E-state index in [0.29, 0.717) is 6.41 Å². The summed E-state index contributed by atoms with van der Waals surface area (Å²) < 4.78 is 0. The molecule has 0 bridgehead atoms. The summed E-state index contributed by atoms with van der Waals surface area (Å²) in [6, 6.07) is 7.49. The van der Waals surface area contributed by atoms with Gasteiger partial charge >= 0.3 is 0 Å². The molecule has 2 amide bonds. The lowest BCUT2D eigenvalue weighted by Crippen LogP contribution is -2.18. The van der Waals surface area contributed by atoms with Crippen LogP contribution in [0.5, 0.6) is 0 Å². The van der Waals surface area contributed by atoms with Gasteiger partial charge in [0.2, 0.25) is 6.41 Å². The molecule has 20 heavy (non-hydrogen) atoms. The van der Waals surface area contributed by atoms with Gasteiger partial charge in [0.05, 0.1) is 5.57 Å². The molecule has 1 aromatic carbocycles. The molecule has 0 unspecified atom stereocenters. The molecule has 0 radical (unpaired) electrons. The largest absolute Gasteiger partial charge is 0.365 e. The Balaban J connectivity index is 2.95. The minimum Gasteiger partial charge on any atom is -0.365 e. The van der Waals surface area contributed by atoms with Gasteiger partial charge in [-0.2, -0.15) is 5.11 Å². The van der Waals surface area contributed by atoms with Gasteiger partial charge in [-0.15, -0.1) is 0 Å². The summed E-state index contributed by atoms with van der Waals surface area (Å²) in [5.74, 6) is -0.799. The van der Waals surface area contributed by atoms with Crippen LogP contribution in [-0.2, 0) is 9.59 Å². The van der Waals surface area contributed by atoms with E-state index >= 15 is 0 Å². The van der Waals surface area contributed by atoms with Crippen molar-refractivity contribution in [3.8, 4) is 0 Å². The van der Waals surface area contributed by atoms with Crippen LogP contribution in [0.2, 0.25) is 0 Å². The molecule has 0 saturated carbocycles. The molecule has 0 aliphatic heterocycles. The van der Waals surface area contributed by atoms with Crippen LogP contribution in [0.15, 0.2) is 53.0 Å². The summed E-state index contributed by atoms with van der Waals surface area (Å²) in [5.41, 5.74) is 14.0. The van der Waals surface area contributed by atoms with Crippen molar-refractivity contribution in [3.63, 3.8) is 0 Å². The maximum absolute atomic E-state index is 11.2. The van der Waals surface area contributed by atoms with Crippen LogP contribution >= 0.6 is 0 Å². The molecular weight excluding hydrogens is 257 g/mol. The first-order valence-electron chi connectivity index (χ1n) is 5.69. The molecule has 5 N–H and O–H groups in total. The number of nitrogens with one attached hydrogen (secondary N) is 3. The normalized spacial score (nSPS) is 11.6. The van der Waals surface area contributed by atoms with Crippen molar-refractivity contribution < 1.29 is 9.59 Å². The summed E-state index contributed by atoms with van der Waals surface area (Å²) in [5, 5.41) is 8.31. The van der Waals surface area contributed by atoms with E-state index < -0.39 is 5.91 Å². The third kappa shape index (κ3) is 4.41. The zero-order chi connectivity index (χ0) is 15.0. The Morgan fingerprint density at radius 1 is 1.30 bits per heavy atom. The SMILES string of the molecule is Bc1ccc(N/C=C(N=N)/C(=C/NC=O)C(N)=O)cc1. The van der Waals surface area contributed by atoms with Gasteiger partial charge in [0.15, 0.2) is 0 Å². The molecule has 0 aliphatic rings. The van der Waals surface area contributed by atoms with E-state index in [9.17, 15) is 9.59 Å². The minimum absolute atomic E-state index is 0.00688. The molecule has 102 valence electrons. The monoisotopic (exact) mass is 271 g/mol. The molecule has 8 heteroatoms. The maximum Gasteiger partial charge on any atom is 0.252 e. The first kappa shape index (κ1) is 15.2. The highest BCUT2D eigenvalue weighted by Crippen LogP contribution is 2.12. The number of rotatable bonds is 7. The third-order valence-corrected chi connectivity index (χ3v) is 2.38. The first-order chi connectivity index (χ1) is 9.58. The Morgan fingerprint density at radius 3 is 2.45 bits per heavy atom. The number of nitrogens with two attached hydrogens (primary N) is 1. The van der Waals surface area contributed by atoms with Gasteiger partial charge in [0, 0.05) is 18.1 Å². The fraction of sp³-hybridized carbons (Fsp3) is 0. The van der Waals surface area contributed by atoms with Crippen molar-refractivity contribution in [3.05, 3.63) is 47.9 Å². The van der Waals surface area contributed by atoms with Crippen LogP contribution in [0, 0.1) is 5.53 Å².